The number of nitrogens with two attached hydrogens (primary N) is 1. The molecule has 0 saturated heterocycles. The Labute approximate surface area is 106 Å². The number of alkyl halides is 3. The summed E-state index contributed by atoms with van der Waals surface area (Å²) in [6.45, 7) is 6.18. The standard InChI is InChI=1S/C14H20F3N/c1-13(2,3)12(18)9-6-10-4-7-11(8-5-10)14(15,16)17/h4-5,7-8,12H,6,9,18H2,1-3H3. The topological polar surface area (TPSA) is 26.0 Å². The predicted octanol–water partition coefficient (Wildman–Crippen LogP) is 4.01. The van der Waals surface area contributed by atoms with E-state index in [4.69, 9.17) is 5.73 Å². The number of aryl methyl sites for hydroxylation is 1. The fraction of sp³-hybridized carbons (Fsp3) is 0.571. The molecule has 0 aliphatic carbocycles. The second-order valence-electron chi connectivity index (χ2n) is 5.71. The van der Waals surface area contributed by atoms with Crippen molar-refractivity contribution in [1.82, 2.24) is 0 Å². The zero-order chi connectivity index (χ0) is 14.0. The molecule has 1 atom stereocenters. The molecule has 0 radical (unpaired) electrons. The van der Waals surface area contributed by atoms with Gasteiger partial charge in [-0.25, -0.2) is 0 Å². The van der Waals surface area contributed by atoms with Crippen LogP contribution >= 0.6 is 0 Å². The third-order valence-electron chi connectivity index (χ3n) is 3.14. The highest BCUT2D eigenvalue weighted by Gasteiger charge is 2.30. The first-order chi connectivity index (χ1) is 8.10. The van der Waals surface area contributed by atoms with E-state index in [1.807, 2.05) is 0 Å². The fourth-order valence-electron chi connectivity index (χ4n) is 1.62. The number of hydrogen-bond donors (Lipinski definition) is 1. The van der Waals surface area contributed by atoms with Crippen LogP contribution in [0.4, 0.5) is 13.2 Å². The number of benzene rings is 1. The molecule has 1 unspecified atom stereocenters. The Bertz CT molecular complexity index is 374. The number of rotatable bonds is 3. The van der Waals surface area contributed by atoms with Crippen LogP contribution in [0.3, 0.4) is 0 Å². The van der Waals surface area contributed by atoms with Gasteiger partial charge in [0.05, 0.1) is 5.56 Å². The molecule has 0 aliphatic rings. The molecule has 0 heterocycles. The number of hydrogen-bond acceptors (Lipinski definition) is 1. The summed E-state index contributed by atoms with van der Waals surface area (Å²) < 4.78 is 37.1. The van der Waals surface area contributed by atoms with Gasteiger partial charge in [-0.15, -0.1) is 0 Å². The van der Waals surface area contributed by atoms with E-state index in [2.05, 4.69) is 20.8 Å². The lowest BCUT2D eigenvalue weighted by atomic mass is 9.84. The van der Waals surface area contributed by atoms with Crippen LogP contribution in [0.5, 0.6) is 0 Å². The molecule has 18 heavy (non-hydrogen) atoms. The maximum Gasteiger partial charge on any atom is 0.416 e. The summed E-state index contributed by atoms with van der Waals surface area (Å²) in [4.78, 5) is 0. The molecule has 2 N–H and O–H groups in total. The molecule has 1 aromatic carbocycles. The molecule has 1 nitrogen and oxygen atoms in total. The molecule has 0 bridgehead atoms. The van der Waals surface area contributed by atoms with Gasteiger partial charge >= 0.3 is 6.18 Å². The van der Waals surface area contributed by atoms with Crippen molar-refractivity contribution < 1.29 is 13.2 Å². The summed E-state index contributed by atoms with van der Waals surface area (Å²) in [5, 5.41) is 0. The molecule has 4 heteroatoms. The minimum Gasteiger partial charge on any atom is -0.327 e. The minimum absolute atomic E-state index is 0.0198. The Hall–Kier alpha value is -1.03. The monoisotopic (exact) mass is 259 g/mol. The van der Waals surface area contributed by atoms with Gasteiger partial charge in [-0.1, -0.05) is 32.9 Å². The van der Waals surface area contributed by atoms with Crippen LogP contribution < -0.4 is 5.73 Å². The zero-order valence-corrected chi connectivity index (χ0v) is 11.0. The first kappa shape index (κ1) is 15.0. The maximum absolute atomic E-state index is 12.4. The smallest absolute Gasteiger partial charge is 0.327 e. The van der Waals surface area contributed by atoms with Crippen LogP contribution in [-0.2, 0) is 12.6 Å². The van der Waals surface area contributed by atoms with Gasteiger partial charge in [-0.05, 0) is 36.0 Å². The van der Waals surface area contributed by atoms with E-state index in [-0.39, 0.29) is 11.5 Å². The maximum atomic E-state index is 12.4. The van der Waals surface area contributed by atoms with E-state index in [0.29, 0.717) is 6.42 Å². The third-order valence-corrected chi connectivity index (χ3v) is 3.14. The van der Waals surface area contributed by atoms with Crippen LogP contribution in [0.1, 0.15) is 38.3 Å². The molecule has 0 spiro atoms. The highest BCUT2D eigenvalue weighted by molar-refractivity contribution is 5.24. The van der Waals surface area contributed by atoms with Crippen LogP contribution in [0.15, 0.2) is 24.3 Å². The summed E-state index contributed by atoms with van der Waals surface area (Å²) in [6.07, 6.45) is -2.79. The Kier molecular flexibility index (Phi) is 4.43. The van der Waals surface area contributed by atoms with E-state index < -0.39 is 11.7 Å². The second kappa shape index (κ2) is 5.31. The zero-order valence-electron chi connectivity index (χ0n) is 11.0. The van der Waals surface area contributed by atoms with Crippen molar-refractivity contribution in [2.45, 2.75) is 45.8 Å². The van der Waals surface area contributed by atoms with Crippen molar-refractivity contribution in [1.29, 1.82) is 0 Å². The minimum atomic E-state index is -4.26. The van der Waals surface area contributed by atoms with Gasteiger partial charge in [0.1, 0.15) is 0 Å². The van der Waals surface area contributed by atoms with Gasteiger partial charge in [-0.2, -0.15) is 13.2 Å². The Balaban J connectivity index is 2.60. The van der Waals surface area contributed by atoms with Gasteiger partial charge < -0.3 is 5.73 Å². The van der Waals surface area contributed by atoms with Crippen molar-refractivity contribution in [2.24, 2.45) is 11.1 Å². The normalized spacial score (nSPS) is 14.6. The fourth-order valence-corrected chi connectivity index (χ4v) is 1.62. The van der Waals surface area contributed by atoms with E-state index in [1.165, 1.54) is 12.1 Å². The lowest BCUT2D eigenvalue weighted by molar-refractivity contribution is -0.137. The average Bonchev–Trinajstić information content (AvgIpc) is 2.24. The summed E-state index contributed by atoms with van der Waals surface area (Å²) in [5.41, 5.74) is 6.32. The summed E-state index contributed by atoms with van der Waals surface area (Å²) in [6, 6.07) is 5.34. The molecular formula is C14H20F3N. The lowest BCUT2D eigenvalue weighted by Gasteiger charge is -2.27. The highest BCUT2D eigenvalue weighted by atomic mass is 19.4. The van der Waals surface area contributed by atoms with Crippen molar-refractivity contribution in [2.75, 3.05) is 0 Å². The quantitative estimate of drug-likeness (QED) is 0.872. The molecule has 0 aliphatic heterocycles. The van der Waals surface area contributed by atoms with E-state index in [1.54, 1.807) is 0 Å². The second-order valence-corrected chi connectivity index (χ2v) is 5.71. The number of halogens is 3. The van der Waals surface area contributed by atoms with E-state index >= 15 is 0 Å². The van der Waals surface area contributed by atoms with Crippen molar-refractivity contribution in [3.63, 3.8) is 0 Å². The predicted molar refractivity (Wildman–Crippen MR) is 67.2 cm³/mol. The Morgan fingerprint density at radius 2 is 1.56 bits per heavy atom. The van der Waals surface area contributed by atoms with Gasteiger partial charge in [0.2, 0.25) is 0 Å². The summed E-state index contributed by atoms with van der Waals surface area (Å²) in [5.74, 6) is 0. The molecule has 0 aromatic heterocycles. The summed E-state index contributed by atoms with van der Waals surface area (Å²) in [7, 11) is 0. The van der Waals surface area contributed by atoms with Crippen molar-refractivity contribution in [3.8, 4) is 0 Å². The molecule has 0 fully saturated rings. The van der Waals surface area contributed by atoms with Gasteiger partial charge in [0, 0.05) is 6.04 Å². The Morgan fingerprint density at radius 3 is 1.94 bits per heavy atom. The molecule has 0 amide bonds. The molecular weight excluding hydrogens is 239 g/mol. The first-order valence-corrected chi connectivity index (χ1v) is 6.02. The van der Waals surface area contributed by atoms with E-state index in [0.717, 1.165) is 24.1 Å². The van der Waals surface area contributed by atoms with Crippen molar-refractivity contribution >= 4 is 0 Å². The van der Waals surface area contributed by atoms with Crippen LogP contribution in [-0.4, -0.2) is 6.04 Å². The lowest BCUT2D eigenvalue weighted by Crippen LogP contribution is -2.35. The molecule has 0 saturated carbocycles. The first-order valence-electron chi connectivity index (χ1n) is 6.02. The van der Waals surface area contributed by atoms with Crippen LogP contribution in [0.2, 0.25) is 0 Å². The van der Waals surface area contributed by atoms with Gasteiger partial charge in [-0.3, -0.25) is 0 Å². The van der Waals surface area contributed by atoms with Crippen LogP contribution in [0, 0.1) is 5.41 Å². The molecule has 102 valence electrons. The van der Waals surface area contributed by atoms with Gasteiger partial charge in [0.15, 0.2) is 0 Å². The third kappa shape index (κ3) is 4.33. The largest absolute Gasteiger partial charge is 0.416 e. The average molecular weight is 259 g/mol. The van der Waals surface area contributed by atoms with Crippen LogP contribution in [0.25, 0.3) is 0 Å². The van der Waals surface area contributed by atoms with E-state index in [9.17, 15) is 13.2 Å². The molecule has 1 aromatic rings. The highest BCUT2D eigenvalue weighted by Crippen LogP contribution is 2.29. The van der Waals surface area contributed by atoms with Gasteiger partial charge in [0.25, 0.3) is 0 Å². The summed E-state index contributed by atoms with van der Waals surface area (Å²) >= 11 is 0. The Morgan fingerprint density at radius 1 is 1.06 bits per heavy atom. The van der Waals surface area contributed by atoms with Crippen molar-refractivity contribution in [3.05, 3.63) is 35.4 Å². The molecule has 1 rings (SSSR count). The SMILES string of the molecule is CC(C)(C)C(N)CCc1ccc(C(F)(F)F)cc1.